The summed E-state index contributed by atoms with van der Waals surface area (Å²) in [6.07, 6.45) is 2.93. The van der Waals surface area contributed by atoms with Gasteiger partial charge in [-0.2, -0.15) is 0 Å². The van der Waals surface area contributed by atoms with E-state index >= 15 is 0 Å². The fraction of sp³-hybridized carbons (Fsp3) is 0.520. The van der Waals surface area contributed by atoms with Crippen molar-refractivity contribution in [2.75, 3.05) is 44.6 Å². The van der Waals surface area contributed by atoms with Gasteiger partial charge in [0.2, 0.25) is 0 Å². The first-order valence-electron chi connectivity index (χ1n) is 11.2. The van der Waals surface area contributed by atoms with Crippen LogP contribution in [0, 0.1) is 39.5 Å². The van der Waals surface area contributed by atoms with Crippen molar-refractivity contribution in [1.29, 1.82) is 0 Å². The Morgan fingerprint density at radius 3 is 2.40 bits per heavy atom. The lowest BCUT2D eigenvalue weighted by molar-refractivity contribution is 0.0772. The van der Waals surface area contributed by atoms with Crippen LogP contribution in [-0.4, -0.2) is 60.0 Å². The Kier molecular flexibility index (Phi) is 6.09. The molecule has 2 aliphatic rings. The maximum atomic E-state index is 13.1. The lowest BCUT2D eigenvalue weighted by atomic mass is 10.0. The molecule has 2 atom stereocenters. The van der Waals surface area contributed by atoms with Crippen LogP contribution in [0.4, 0.5) is 5.69 Å². The van der Waals surface area contributed by atoms with Crippen molar-refractivity contribution in [1.82, 2.24) is 14.8 Å². The number of amides is 1. The van der Waals surface area contributed by atoms with Crippen LogP contribution in [-0.2, 0) is 0 Å². The molecule has 0 aliphatic carbocycles. The molecule has 2 fully saturated rings. The number of hydrogen-bond acceptors (Lipinski definition) is 4. The van der Waals surface area contributed by atoms with Gasteiger partial charge in [-0.05, 0) is 87.4 Å². The summed E-state index contributed by atoms with van der Waals surface area (Å²) in [5.74, 6) is 1.38. The molecule has 2 aromatic rings. The van der Waals surface area contributed by atoms with Gasteiger partial charge >= 0.3 is 0 Å². The van der Waals surface area contributed by atoms with E-state index in [1.807, 2.05) is 19.9 Å². The van der Waals surface area contributed by atoms with Gasteiger partial charge in [0.1, 0.15) is 0 Å². The Bertz CT molecular complexity index is 891. The molecule has 1 amide bonds. The van der Waals surface area contributed by atoms with Crippen molar-refractivity contribution in [3.8, 4) is 0 Å². The highest BCUT2D eigenvalue weighted by Gasteiger charge is 2.41. The van der Waals surface area contributed by atoms with Gasteiger partial charge in [-0.25, -0.2) is 0 Å². The smallest absolute Gasteiger partial charge is 0.255 e. The highest BCUT2D eigenvalue weighted by atomic mass is 16.2. The second kappa shape index (κ2) is 8.76. The van der Waals surface area contributed by atoms with E-state index in [4.69, 9.17) is 0 Å². The van der Waals surface area contributed by atoms with Crippen LogP contribution in [0.2, 0.25) is 0 Å². The molecule has 5 nitrogen and oxygen atoms in total. The van der Waals surface area contributed by atoms with E-state index in [9.17, 15) is 4.79 Å². The third-order valence-electron chi connectivity index (χ3n) is 6.90. The molecule has 0 spiro atoms. The molecule has 2 saturated heterocycles. The SMILES string of the molecule is Cc1ccc(NCCCN2CC3CN(C(=O)c4c(C)ccnc4C)CC3C2)cc1C. The Labute approximate surface area is 180 Å². The number of fused-ring (bicyclic) bond motifs is 1. The number of likely N-dealkylation sites (tertiary alicyclic amines) is 2. The number of aryl methyl sites for hydroxylation is 4. The normalized spacial score (nSPS) is 21.1. The second-order valence-electron chi connectivity index (χ2n) is 9.16. The number of nitrogens with zero attached hydrogens (tertiary/aromatic N) is 3. The predicted molar refractivity (Wildman–Crippen MR) is 122 cm³/mol. The number of rotatable bonds is 6. The number of aromatic nitrogens is 1. The largest absolute Gasteiger partial charge is 0.385 e. The summed E-state index contributed by atoms with van der Waals surface area (Å²) in [4.78, 5) is 22.0. The van der Waals surface area contributed by atoms with Gasteiger partial charge < -0.3 is 15.1 Å². The maximum Gasteiger partial charge on any atom is 0.255 e. The zero-order chi connectivity index (χ0) is 21.3. The molecule has 5 heteroatoms. The first-order chi connectivity index (χ1) is 14.4. The van der Waals surface area contributed by atoms with Crippen molar-refractivity contribution in [2.45, 2.75) is 34.1 Å². The summed E-state index contributed by atoms with van der Waals surface area (Å²) in [6, 6.07) is 8.51. The summed E-state index contributed by atoms with van der Waals surface area (Å²) in [5.41, 5.74) is 6.56. The average Bonchev–Trinajstić information content (AvgIpc) is 3.26. The molecule has 2 aliphatic heterocycles. The maximum absolute atomic E-state index is 13.1. The number of benzene rings is 1. The number of anilines is 1. The minimum absolute atomic E-state index is 0.164. The van der Waals surface area contributed by atoms with E-state index in [0.717, 1.165) is 62.5 Å². The van der Waals surface area contributed by atoms with Crippen LogP contribution in [0.25, 0.3) is 0 Å². The fourth-order valence-corrected chi connectivity index (χ4v) is 5.00. The number of carbonyl (C=O) groups excluding carboxylic acids is 1. The number of nitrogens with one attached hydrogen (secondary N) is 1. The van der Waals surface area contributed by atoms with Gasteiger partial charge in [-0.1, -0.05) is 6.07 Å². The van der Waals surface area contributed by atoms with E-state index in [2.05, 4.69) is 52.1 Å². The van der Waals surface area contributed by atoms with E-state index in [1.165, 1.54) is 16.8 Å². The van der Waals surface area contributed by atoms with Gasteiger partial charge in [0.25, 0.3) is 5.91 Å². The minimum Gasteiger partial charge on any atom is -0.385 e. The Balaban J connectivity index is 1.23. The van der Waals surface area contributed by atoms with Crippen LogP contribution in [0.3, 0.4) is 0 Å². The molecule has 1 aromatic heterocycles. The zero-order valence-corrected chi connectivity index (χ0v) is 18.7. The molecule has 1 N–H and O–H groups in total. The minimum atomic E-state index is 0.164. The third kappa shape index (κ3) is 4.36. The molecule has 3 heterocycles. The van der Waals surface area contributed by atoms with Crippen LogP contribution in [0.15, 0.2) is 30.5 Å². The van der Waals surface area contributed by atoms with E-state index in [0.29, 0.717) is 11.8 Å². The molecule has 0 saturated carbocycles. The predicted octanol–water partition coefficient (Wildman–Crippen LogP) is 3.82. The van der Waals surface area contributed by atoms with Gasteiger partial charge in [0.15, 0.2) is 0 Å². The standard InChI is InChI=1S/C25H34N4O/c1-17-6-7-23(12-19(17)3)27-9-5-11-28-13-21-15-29(16-22(21)14-28)25(30)24-18(2)8-10-26-20(24)4/h6-8,10,12,21-22,27H,5,9,11,13-16H2,1-4H3. The van der Waals surface area contributed by atoms with E-state index in [1.54, 1.807) is 6.20 Å². The van der Waals surface area contributed by atoms with Gasteiger partial charge in [-0.3, -0.25) is 9.78 Å². The molecule has 0 bridgehead atoms. The third-order valence-corrected chi connectivity index (χ3v) is 6.90. The molecule has 2 unspecified atom stereocenters. The summed E-state index contributed by atoms with van der Waals surface area (Å²) < 4.78 is 0. The average molecular weight is 407 g/mol. The quantitative estimate of drug-likeness (QED) is 0.741. The second-order valence-corrected chi connectivity index (χ2v) is 9.16. The molecule has 30 heavy (non-hydrogen) atoms. The van der Waals surface area contributed by atoms with Crippen LogP contribution in [0.5, 0.6) is 0 Å². The first-order valence-corrected chi connectivity index (χ1v) is 11.2. The van der Waals surface area contributed by atoms with Crippen LogP contribution in [0.1, 0.15) is 39.2 Å². The van der Waals surface area contributed by atoms with Gasteiger partial charge in [-0.15, -0.1) is 0 Å². The molecule has 4 rings (SSSR count). The number of hydrogen-bond donors (Lipinski definition) is 1. The van der Waals surface area contributed by atoms with Crippen molar-refractivity contribution in [2.24, 2.45) is 11.8 Å². The van der Waals surface area contributed by atoms with Crippen LogP contribution < -0.4 is 5.32 Å². The summed E-state index contributed by atoms with van der Waals surface area (Å²) in [7, 11) is 0. The first kappa shape index (κ1) is 20.9. The molecule has 160 valence electrons. The van der Waals surface area contributed by atoms with Crippen molar-refractivity contribution in [3.05, 3.63) is 58.4 Å². The number of pyridine rings is 1. The van der Waals surface area contributed by atoms with Crippen LogP contribution >= 0.6 is 0 Å². The molecule has 1 aromatic carbocycles. The lowest BCUT2D eigenvalue weighted by Gasteiger charge is -2.23. The van der Waals surface area contributed by atoms with E-state index in [-0.39, 0.29) is 5.91 Å². The highest BCUT2D eigenvalue weighted by molar-refractivity contribution is 5.96. The molecular weight excluding hydrogens is 372 g/mol. The van der Waals surface area contributed by atoms with Crippen molar-refractivity contribution in [3.63, 3.8) is 0 Å². The van der Waals surface area contributed by atoms with Crippen molar-refractivity contribution >= 4 is 11.6 Å². The highest BCUT2D eigenvalue weighted by Crippen LogP contribution is 2.32. The Hall–Kier alpha value is -2.40. The van der Waals surface area contributed by atoms with Crippen molar-refractivity contribution < 1.29 is 4.79 Å². The Morgan fingerprint density at radius 1 is 1.00 bits per heavy atom. The molecular formula is C25H34N4O. The zero-order valence-electron chi connectivity index (χ0n) is 18.7. The van der Waals surface area contributed by atoms with Gasteiger partial charge in [0, 0.05) is 44.6 Å². The fourth-order valence-electron chi connectivity index (χ4n) is 5.00. The topological polar surface area (TPSA) is 48.5 Å². The Morgan fingerprint density at radius 2 is 1.73 bits per heavy atom. The summed E-state index contributed by atoms with van der Waals surface area (Å²) in [5, 5.41) is 3.55. The molecule has 0 radical (unpaired) electrons. The monoisotopic (exact) mass is 406 g/mol. The van der Waals surface area contributed by atoms with Gasteiger partial charge in [0.05, 0.1) is 11.3 Å². The lowest BCUT2D eigenvalue weighted by Crippen LogP contribution is -2.34. The summed E-state index contributed by atoms with van der Waals surface area (Å²) in [6.45, 7) is 14.4. The summed E-state index contributed by atoms with van der Waals surface area (Å²) >= 11 is 0. The van der Waals surface area contributed by atoms with E-state index < -0.39 is 0 Å². The number of carbonyl (C=O) groups is 1.